The first-order valence-corrected chi connectivity index (χ1v) is 5.81. The maximum absolute atomic E-state index is 11.8. The predicted molar refractivity (Wildman–Crippen MR) is 56.0 cm³/mol. The Morgan fingerprint density at radius 2 is 1.94 bits per heavy atom. The number of hydrogen-bond donors (Lipinski definition) is 2. The van der Waals surface area contributed by atoms with E-state index in [2.05, 4.69) is 5.32 Å². The van der Waals surface area contributed by atoms with E-state index in [1.54, 1.807) is 0 Å². The van der Waals surface area contributed by atoms with Gasteiger partial charge in [-0.05, 0) is 25.7 Å². The van der Waals surface area contributed by atoms with Crippen LogP contribution in [0.25, 0.3) is 0 Å². The fraction of sp³-hybridized carbons (Fsp3) is 0.818. The molecule has 2 aliphatic rings. The number of amides is 1. The standard InChI is InChI=1S/C11H17NO4/c13-9(8-4-3-7-16-8)12-11(10(14)15)5-1-2-6-11/h8H,1-7H2,(H,12,13)(H,14,15)/t8-/m1/s1. The van der Waals surface area contributed by atoms with Gasteiger partial charge in [-0.3, -0.25) is 4.79 Å². The highest BCUT2D eigenvalue weighted by molar-refractivity contribution is 5.89. The van der Waals surface area contributed by atoms with Gasteiger partial charge in [0.05, 0.1) is 0 Å². The molecule has 0 bridgehead atoms. The SMILES string of the molecule is O=C(NC1(C(=O)O)CCCC1)[C@H]1CCCO1. The molecule has 1 aliphatic carbocycles. The van der Waals surface area contributed by atoms with Crippen molar-refractivity contribution < 1.29 is 19.4 Å². The first-order valence-electron chi connectivity index (χ1n) is 5.81. The molecule has 2 fully saturated rings. The number of aliphatic carboxylic acids is 1. The van der Waals surface area contributed by atoms with Gasteiger partial charge in [-0.15, -0.1) is 0 Å². The van der Waals surface area contributed by atoms with Crippen molar-refractivity contribution in [1.29, 1.82) is 0 Å². The zero-order valence-corrected chi connectivity index (χ0v) is 9.20. The number of hydrogen-bond acceptors (Lipinski definition) is 3. The maximum atomic E-state index is 11.8. The predicted octanol–water partition coefficient (Wildman–Crippen LogP) is 0.679. The van der Waals surface area contributed by atoms with E-state index in [1.165, 1.54) is 0 Å². The zero-order valence-electron chi connectivity index (χ0n) is 9.20. The Bertz CT molecular complexity index is 290. The zero-order chi connectivity index (χ0) is 11.6. The third kappa shape index (κ3) is 2.04. The highest BCUT2D eigenvalue weighted by atomic mass is 16.5. The van der Waals surface area contributed by atoms with E-state index in [0.717, 1.165) is 19.3 Å². The number of carboxylic acids is 1. The number of carbonyl (C=O) groups excluding carboxylic acids is 1. The van der Waals surface area contributed by atoms with Gasteiger partial charge in [0.15, 0.2) is 0 Å². The molecule has 0 unspecified atom stereocenters. The normalized spacial score (nSPS) is 27.9. The average molecular weight is 227 g/mol. The van der Waals surface area contributed by atoms with Crippen LogP contribution in [-0.4, -0.2) is 35.2 Å². The van der Waals surface area contributed by atoms with Crippen molar-refractivity contribution in [3.63, 3.8) is 0 Å². The minimum absolute atomic E-state index is 0.262. The summed E-state index contributed by atoms with van der Waals surface area (Å²) in [5.41, 5.74) is -1.04. The molecule has 5 nitrogen and oxygen atoms in total. The molecule has 2 N–H and O–H groups in total. The van der Waals surface area contributed by atoms with Crippen LogP contribution in [0.15, 0.2) is 0 Å². The fourth-order valence-electron chi connectivity index (χ4n) is 2.47. The average Bonchev–Trinajstić information content (AvgIpc) is 2.88. The molecule has 0 aromatic heterocycles. The van der Waals surface area contributed by atoms with Crippen molar-refractivity contribution in [3.8, 4) is 0 Å². The summed E-state index contributed by atoms with van der Waals surface area (Å²) in [7, 11) is 0. The summed E-state index contributed by atoms with van der Waals surface area (Å²) in [6.45, 7) is 0.595. The molecule has 16 heavy (non-hydrogen) atoms. The molecule has 1 saturated heterocycles. The Hall–Kier alpha value is -1.10. The molecule has 1 aliphatic heterocycles. The molecule has 0 aromatic rings. The van der Waals surface area contributed by atoms with Gasteiger partial charge in [0, 0.05) is 6.61 Å². The Balaban J connectivity index is 2.00. The second kappa shape index (κ2) is 4.41. The smallest absolute Gasteiger partial charge is 0.329 e. The van der Waals surface area contributed by atoms with E-state index in [4.69, 9.17) is 4.74 Å². The number of ether oxygens (including phenoxy) is 1. The summed E-state index contributed by atoms with van der Waals surface area (Å²) in [5.74, 6) is -1.18. The summed E-state index contributed by atoms with van der Waals surface area (Å²) in [6.07, 6.45) is 3.90. The Morgan fingerprint density at radius 1 is 1.25 bits per heavy atom. The molecular formula is C11H17NO4. The molecule has 1 atom stereocenters. The number of rotatable bonds is 3. The van der Waals surface area contributed by atoms with Crippen LogP contribution in [0.4, 0.5) is 0 Å². The van der Waals surface area contributed by atoms with Crippen molar-refractivity contribution in [1.82, 2.24) is 5.32 Å². The van der Waals surface area contributed by atoms with Gasteiger partial charge in [-0.2, -0.15) is 0 Å². The van der Waals surface area contributed by atoms with Crippen LogP contribution in [0.5, 0.6) is 0 Å². The lowest BCUT2D eigenvalue weighted by atomic mass is 9.97. The van der Waals surface area contributed by atoms with Gasteiger partial charge in [0.2, 0.25) is 5.91 Å². The number of carboxylic acid groups (broad SMARTS) is 1. The number of carbonyl (C=O) groups is 2. The number of nitrogens with one attached hydrogen (secondary N) is 1. The monoisotopic (exact) mass is 227 g/mol. The van der Waals surface area contributed by atoms with E-state index in [-0.39, 0.29) is 5.91 Å². The van der Waals surface area contributed by atoms with Crippen LogP contribution in [0, 0.1) is 0 Å². The van der Waals surface area contributed by atoms with Crippen molar-refractivity contribution in [2.24, 2.45) is 0 Å². The maximum Gasteiger partial charge on any atom is 0.329 e. The Labute approximate surface area is 94.2 Å². The van der Waals surface area contributed by atoms with Crippen LogP contribution < -0.4 is 5.32 Å². The van der Waals surface area contributed by atoms with E-state index in [1.807, 2.05) is 0 Å². The van der Waals surface area contributed by atoms with Gasteiger partial charge >= 0.3 is 5.97 Å². The van der Waals surface area contributed by atoms with Gasteiger partial charge < -0.3 is 15.2 Å². The molecule has 0 spiro atoms. The Kier molecular flexibility index (Phi) is 3.14. The summed E-state index contributed by atoms with van der Waals surface area (Å²) >= 11 is 0. The van der Waals surface area contributed by atoms with Gasteiger partial charge in [0.25, 0.3) is 0 Å². The molecule has 1 heterocycles. The first kappa shape index (κ1) is 11.4. The summed E-state index contributed by atoms with van der Waals surface area (Å²) < 4.78 is 5.24. The van der Waals surface area contributed by atoms with Crippen LogP contribution in [-0.2, 0) is 14.3 Å². The Morgan fingerprint density at radius 3 is 2.44 bits per heavy atom. The van der Waals surface area contributed by atoms with Gasteiger partial charge in [-0.1, -0.05) is 12.8 Å². The van der Waals surface area contributed by atoms with Gasteiger partial charge in [-0.25, -0.2) is 4.79 Å². The minimum Gasteiger partial charge on any atom is -0.480 e. The minimum atomic E-state index is -1.04. The second-order valence-corrected chi connectivity index (χ2v) is 4.59. The fourth-order valence-corrected chi connectivity index (χ4v) is 2.47. The highest BCUT2D eigenvalue weighted by Gasteiger charge is 2.44. The van der Waals surface area contributed by atoms with E-state index < -0.39 is 17.6 Å². The second-order valence-electron chi connectivity index (χ2n) is 4.59. The van der Waals surface area contributed by atoms with E-state index >= 15 is 0 Å². The quantitative estimate of drug-likeness (QED) is 0.743. The van der Waals surface area contributed by atoms with Crippen LogP contribution in [0.2, 0.25) is 0 Å². The van der Waals surface area contributed by atoms with Crippen LogP contribution in [0.1, 0.15) is 38.5 Å². The summed E-state index contributed by atoms with van der Waals surface area (Å²) in [4.78, 5) is 23.0. The van der Waals surface area contributed by atoms with Crippen molar-refractivity contribution in [2.45, 2.75) is 50.2 Å². The van der Waals surface area contributed by atoms with Gasteiger partial charge in [0.1, 0.15) is 11.6 Å². The summed E-state index contributed by atoms with van der Waals surface area (Å²) in [6, 6.07) is 0. The lowest BCUT2D eigenvalue weighted by Crippen LogP contribution is -2.55. The third-order valence-corrected chi connectivity index (χ3v) is 3.45. The first-order chi connectivity index (χ1) is 7.64. The molecule has 0 radical (unpaired) electrons. The molecule has 5 heteroatoms. The molecular weight excluding hydrogens is 210 g/mol. The highest BCUT2D eigenvalue weighted by Crippen LogP contribution is 2.30. The van der Waals surface area contributed by atoms with Crippen molar-refractivity contribution in [3.05, 3.63) is 0 Å². The van der Waals surface area contributed by atoms with Crippen molar-refractivity contribution >= 4 is 11.9 Å². The van der Waals surface area contributed by atoms with Crippen molar-refractivity contribution in [2.75, 3.05) is 6.61 Å². The third-order valence-electron chi connectivity index (χ3n) is 3.45. The lowest BCUT2D eigenvalue weighted by molar-refractivity contribution is -0.149. The topological polar surface area (TPSA) is 75.6 Å². The van der Waals surface area contributed by atoms with E-state index in [9.17, 15) is 14.7 Å². The summed E-state index contributed by atoms with van der Waals surface area (Å²) in [5, 5.41) is 11.9. The van der Waals surface area contributed by atoms with E-state index in [0.29, 0.717) is 25.9 Å². The molecule has 1 amide bonds. The molecule has 1 saturated carbocycles. The van der Waals surface area contributed by atoms with Crippen LogP contribution in [0.3, 0.4) is 0 Å². The lowest BCUT2D eigenvalue weighted by Gasteiger charge is -2.26. The van der Waals surface area contributed by atoms with Crippen LogP contribution >= 0.6 is 0 Å². The molecule has 2 rings (SSSR count). The molecule has 90 valence electrons. The largest absolute Gasteiger partial charge is 0.480 e. The molecule has 0 aromatic carbocycles.